The lowest BCUT2D eigenvalue weighted by Crippen LogP contribution is -2.22. The van der Waals surface area contributed by atoms with Crippen LogP contribution < -0.4 is 10.2 Å². The van der Waals surface area contributed by atoms with Gasteiger partial charge in [-0.05, 0) is 42.7 Å². The number of anilines is 1. The van der Waals surface area contributed by atoms with Crippen molar-refractivity contribution in [1.29, 1.82) is 0 Å². The smallest absolute Gasteiger partial charge is 0.0429 e. The van der Waals surface area contributed by atoms with E-state index in [0.29, 0.717) is 0 Å². The molecule has 0 fully saturated rings. The fraction of sp³-hybridized carbons (Fsp3) is 0.333. The molecule has 0 aromatic heterocycles. The van der Waals surface area contributed by atoms with E-state index in [1.54, 1.807) is 0 Å². The van der Waals surface area contributed by atoms with E-state index < -0.39 is 0 Å². The summed E-state index contributed by atoms with van der Waals surface area (Å²) < 4.78 is 0. The van der Waals surface area contributed by atoms with Gasteiger partial charge in [0.15, 0.2) is 0 Å². The number of nitrogens with one attached hydrogen (secondary N) is 1. The van der Waals surface area contributed by atoms with Crippen molar-refractivity contribution in [3.63, 3.8) is 0 Å². The van der Waals surface area contributed by atoms with Gasteiger partial charge in [-0.2, -0.15) is 0 Å². The normalized spacial score (nSPS) is 13.3. The van der Waals surface area contributed by atoms with Crippen molar-refractivity contribution in [3.05, 3.63) is 64.7 Å². The SMILES string of the molecule is CCN(Cc1ccc2c(c1)CNC2)c1ccc(C)cc1. The van der Waals surface area contributed by atoms with Gasteiger partial charge in [0.2, 0.25) is 0 Å². The molecule has 1 heterocycles. The Morgan fingerprint density at radius 1 is 1.00 bits per heavy atom. The molecule has 0 saturated heterocycles. The predicted molar refractivity (Wildman–Crippen MR) is 84.9 cm³/mol. The monoisotopic (exact) mass is 266 g/mol. The first-order chi connectivity index (χ1) is 9.76. The van der Waals surface area contributed by atoms with Gasteiger partial charge in [0, 0.05) is 31.9 Å². The highest BCUT2D eigenvalue weighted by molar-refractivity contribution is 5.48. The standard InChI is InChI=1S/C18H22N2/c1-3-20(18-8-4-14(2)5-9-18)13-15-6-7-16-11-19-12-17(16)10-15/h4-10,19H,3,11-13H2,1-2H3. The Labute approximate surface area is 121 Å². The van der Waals surface area contributed by atoms with E-state index in [4.69, 9.17) is 0 Å². The van der Waals surface area contributed by atoms with E-state index in [-0.39, 0.29) is 0 Å². The number of benzene rings is 2. The Balaban J connectivity index is 1.79. The highest BCUT2D eigenvalue weighted by Gasteiger charge is 2.11. The van der Waals surface area contributed by atoms with Gasteiger partial charge in [0.25, 0.3) is 0 Å². The minimum atomic E-state index is 0.979. The predicted octanol–water partition coefficient (Wildman–Crippen LogP) is 3.62. The zero-order chi connectivity index (χ0) is 13.9. The van der Waals surface area contributed by atoms with Gasteiger partial charge in [0.1, 0.15) is 0 Å². The third-order valence-electron chi connectivity index (χ3n) is 4.06. The fourth-order valence-electron chi connectivity index (χ4n) is 2.81. The van der Waals surface area contributed by atoms with Crippen molar-refractivity contribution in [1.82, 2.24) is 5.32 Å². The van der Waals surface area contributed by atoms with Gasteiger partial charge in [-0.15, -0.1) is 0 Å². The summed E-state index contributed by atoms with van der Waals surface area (Å²) in [5, 5.41) is 3.41. The molecule has 0 unspecified atom stereocenters. The van der Waals surface area contributed by atoms with E-state index in [1.807, 2.05) is 0 Å². The number of nitrogens with zero attached hydrogens (tertiary/aromatic N) is 1. The Morgan fingerprint density at radius 2 is 1.75 bits per heavy atom. The second kappa shape index (κ2) is 5.68. The van der Waals surface area contributed by atoms with E-state index in [0.717, 1.165) is 26.2 Å². The summed E-state index contributed by atoms with van der Waals surface area (Å²) >= 11 is 0. The first-order valence-corrected chi connectivity index (χ1v) is 7.39. The Kier molecular flexibility index (Phi) is 3.75. The molecule has 0 aliphatic carbocycles. The first-order valence-electron chi connectivity index (χ1n) is 7.39. The molecule has 0 atom stereocenters. The zero-order valence-corrected chi connectivity index (χ0v) is 12.3. The maximum absolute atomic E-state index is 3.41. The van der Waals surface area contributed by atoms with Crippen LogP contribution in [0.3, 0.4) is 0 Å². The maximum Gasteiger partial charge on any atom is 0.0429 e. The summed E-state index contributed by atoms with van der Waals surface area (Å²) in [6.45, 7) is 8.39. The lowest BCUT2D eigenvalue weighted by atomic mass is 10.1. The number of fused-ring (bicyclic) bond motifs is 1. The van der Waals surface area contributed by atoms with Crippen LogP contribution in [0.25, 0.3) is 0 Å². The molecule has 0 bridgehead atoms. The summed E-state index contributed by atoms with van der Waals surface area (Å²) in [7, 11) is 0. The van der Waals surface area contributed by atoms with Crippen LogP contribution in [0.15, 0.2) is 42.5 Å². The van der Waals surface area contributed by atoms with Crippen LogP contribution in [-0.2, 0) is 19.6 Å². The van der Waals surface area contributed by atoms with Gasteiger partial charge < -0.3 is 10.2 Å². The molecule has 0 spiro atoms. The molecule has 0 amide bonds. The number of aryl methyl sites for hydroxylation is 1. The molecule has 1 aliphatic heterocycles. The largest absolute Gasteiger partial charge is 0.367 e. The first kappa shape index (κ1) is 13.2. The summed E-state index contributed by atoms with van der Waals surface area (Å²) in [6.07, 6.45) is 0. The lowest BCUT2D eigenvalue weighted by molar-refractivity contribution is 0.764. The lowest BCUT2D eigenvalue weighted by Gasteiger charge is -2.23. The summed E-state index contributed by atoms with van der Waals surface area (Å²) in [4.78, 5) is 2.42. The van der Waals surface area contributed by atoms with E-state index >= 15 is 0 Å². The van der Waals surface area contributed by atoms with Crippen LogP contribution in [0.5, 0.6) is 0 Å². The Bertz CT molecular complexity index is 587. The molecule has 0 saturated carbocycles. The third-order valence-corrected chi connectivity index (χ3v) is 4.06. The minimum absolute atomic E-state index is 0.979. The molecule has 2 aromatic carbocycles. The van der Waals surface area contributed by atoms with Gasteiger partial charge in [-0.25, -0.2) is 0 Å². The molecule has 1 aliphatic rings. The summed E-state index contributed by atoms with van der Waals surface area (Å²) in [6, 6.07) is 15.7. The molecular formula is C18H22N2. The fourth-order valence-corrected chi connectivity index (χ4v) is 2.81. The molecule has 2 nitrogen and oxygen atoms in total. The van der Waals surface area contributed by atoms with E-state index in [9.17, 15) is 0 Å². The van der Waals surface area contributed by atoms with Gasteiger partial charge in [-0.3, -0.25) is 0 Å². The number of hydrogen-bond donors (Lipinski definition) is 1. The maximum atomic E-state index is 3.41. The summed E-state index contributed by atoms with van der Waals surface area (Å²) in [5.74, 6) is 0. The number of hydrogen-bond acceptors (Lipinski definition) is 2. The molecule has 20 heavy (non-hydrogen) atoms. The average molecular weight is 266 g/mol. The molecule has 2 aromatic rings. The van der Waals surface area contributed by atoms with Gasteiger partial charge >= 0.3 is 0 Å². The van der Waals surface area contributed by atoms with Crippen molar-refractivity contribution >= 4 is 5.69 Å². The van der Waals surface area contributed by atoms with Crippen LogP contribution in [0.1, 0.15) is 29.2 Å². The van der Waals surface area contributed by atoms with Crippen molar-refractivity contribution in [2.45, 2.75) is 33.5 Å². The van der Waals surface area contributed by atoms with Gasteiger partial charge in [0.05, 0.1) is 0 Å². The molecular weight excluding hydrogens is 244 g/mol. The molecule has 1 N–H and O–H groups in total. The Morgan fingerprint density at radius 3 is 2.50 bits per heavy atom. The second-order valence-corrected chi connectivity index (χ2v) is 5.56. The molecule has 104 valence electrons. The van der Waals surface area contributed by atoms with Crippen LogP contribution in [0.4, 0.5) is 5.69 Å². The van der Waals surface area contributed by atoms with Crippen molar-refractivity contribution < 1.29 is 0 Å². The van der Waals surface area contributed by atoms with Crippen LogP contribution in [-0.4, -0.2) is 6.54 Å². The van der Waals surface area contributed by atoms with Gasteiger partial charge in [-0.1, -0.05) is 35.9 Å². The zero-order valence-electron chi connectivity index (χ0n) is 12.3. The molecule has 2 heteroatoms. The quantitative estimate of drug-likeness (QED) is 0.909. The minimum Gasteiger partial charge on any atom is -0.367 e. The van der Waals surface area contributed by atoms with E-state index in [1.165, 1.54) is 27.9 Å². The Hall–Kier alpha value is -1.80. The van der Waals surface area contributed by atoms with Crippen LogP contribution in [0, 0.1) is 6.92 Å². The van der Waals surface area contributed by atoms with Crippen molar-refractivity contribution in [2.24, 2.45) is 0 Å². The summed E-state index contributed by atoms with van der Waals surface area (Å²) in [5.41, 5.74) is 6.93. The average Bonchev–Trinajstić information content (AvgIpc) is 2.93. The third kappa shape index (κ3) is 2.70. The number of rotatable bonds is 4. The molecule has 3 rings (SSSR count). The van der Waals surface area contributed by atoms with Crippen molar-refractivity contribution in [3.8, 4) is 0 Å². The molecule has 0 radical (unpaired) electrons. The van der Waals surface area contributed by atoms with Crippen molar-refractivity contribution in [2.75, 3.05) is 11.4 Å². The van der Waals surface area contributed by atoms with Crippen LogP contribution in [0.2, 0.25) is 0 Å². The topological polar surface area (TPSA) is 15.3 Å². The van der Waals surface area contributed by atoms with Crippen LogP contribution >= 0.6 is 0 Å². The highest BCUT2D eigenvalue weighted by Crippen LogP contribution is 2.21. The second-order valence-electron chi connectivity index (χ2n) is 5.56. The highest BCUT2D eigenvalue weighted by atomic mass is 15.1. The van der Waals surface area contributed by atoms with E-state index in [2.05, 4.69) is 66.5 Å².